The Morgan fingerprint density at radius 3 is 2.40 bits per heavy atom. The average molecular weight is 335 g/mol. The third-order valence-corrected chi connectivity index (χ3v) is 3.46. The number of pyridine rings is 2. The second-order valence-corrected chi connectivity index (χ2v) is 5.29. The molecule has 104 valence electrons. The number of nitrogens with zero attached hydrogens (tertiary/aromatic N) is 4. The Balaban J connectivity index is 2.40. The van der Waals surface area contributed by atoms with Crippen LogP contribution in [0, 0.1) is 0 Å². The minimum Gasteiger partial charge on any atom is -0.361 e. The first-order valence-electron chi connectivity index (χ1n) is 6.03. The number of hydrogen-bond acceptors (Lipinski definition) is 4. The number of rotatable bonds is 3. The molecule has 0 aliphatic rings. The molecule has 0 fully saturated rings. The van der Waals surface area contributed by atoms with Gasteiger partial charge in [0.1, 0.15) is 5.69 Å². The van der Waals surface area contributed by atoms with Gasteiger partial charge in [0, 0.05) is 38.0 Å². The van der Waals surface area contributed by atoms with Crippen molar-refractivity contribution in [3.63, 3.8) is 0 Å². The number of halogens is 1. The summed E-state index contributed by atoms with van der Waals surface area (Å²) in [6.07, 6.45) is 3.30. The number of carbonyl (C=O) groups is 1. The number of amides is 1. The van der Waals surface area contributed by atoms with Gasteiger partial charge in [-0.15, -0.1) is 0 Å². The maximum absolute atomic E-state index is 12.5. The van der Waals surface area contributed by atoms with Crippen molar-refractivity contribution in [3.8, 4) is 0 Å². The first-order chi connectivity index (χ1) is 9.52. The van der Waals surface area contributed by atoms with Crippen molar-refractivity contribution in [3.05, 3.63) is 46.8 Å². The quantitative estimate of drug-likeness (QED) is 0.865. The van der Waals surface area contributed by atoms with Crippen molar-refractivity contribution in [1.29, 1.82) is 0 Å². The monoisotopic (exact) mass is 334 g/mol. The molecule has 1 amide bonds. The molecule has 0 spiro atoms. The van der Waals surface area contributed by atoms with E-state index in [4.69, 9.17) is 0 Å². The summed E-state index contributed by atoms with van der Waals surface area (Å²) in [6, 6.07) is 7.23. The standard InChI is InChI=1S/C14H15BrN4O/c1-18(2)13-11(7-5-9-17-13)19(3)14(20)12-10(15)6-4-8-16-12/h4-9H,1-3H3. The summed E-state index contributed by atoms with van der Waals surface area (Å²) in [7, 11) is 5.50. The summed E-state index contributed by atoms with van der Waals surface area (Å²) in [5.74, 6) is 0.545. The summed E-state index contributed by atoms with van der Waals surface area (Å²) in [5, 5.41) is 0. The van der Waals surface area contributed by atoms with Crippen LogP contribution in [0.1, 0.15) is 10.5 Å². The third-order valence-electron chi connectivity index (χ3n) is 2.82. The molecule has 5 nitrogen and oxygen atoms in total. The molecule has 0 aliphatic heterocycles. The Morgan fingerprint density at radius 1 is 1.10 bits per heavy atom. The third kappa shape index (κ3) is 2.80. The number of carbonyl (C=O) groups excluding carboxylic acids is 1. The van der Waals surface area contributed by atoms with E-state index in [1.54, 1.807) is 42.5 Å². The molecule has 0 aliphatic carbocycles. The largest absolute Gasteiger partial charge is 0.361 e. The van der Waals surface area contributed by atoms with E-state index in [-0.39, 0.29) is 5.91 Å². The first-order valence-corrected chi connectivity index (χ1v) is 6.82. The highest BCUT2D eigenvalue weighted by atomic mass is 79.9. The van der Waals surface area contributed by atoms with E-state index < -0.39 is 0 Å². The van der Waals surface area contributed by atoms with Crippen molar-refractivity contribution in [2.24, 2.45) is 0 Å². The summed E-state index contributed by atoms with van der Waals surface area (Å²) >= 11 is 3.35. The van der Waals surface area contributed by atoms with Crippen molar-refractivity contribution >= 4 is 33.3 Å². The fourth-order valence-corrected chi connectivity index (χ4v) is 2.23. The van der Waals surface area contributed by atoms with Gasteiger partial charge in [-0.2, -0.15) is 0 Å². The Kier molecular flexibility index (Phi) is 4.34. The number of hydrogen-bond donors (Lipinski definition) is 0. The fraction of sp³-hybridized carbons (Fsp3) is 0.214. The lowest BCUT2D eigenvalue weighted by Crippen LogP contribution is -2.29. The molecule has 2 aromatic rings. The Labute approximate surface area is 126 Å². The summed E-state index contributed by atoms with van der Waals surface area (Å²) in [6.45, 7) is 0. The Bertz CT molecular complexity index is 630. The van der Waals surface area contributed by atoms with Gasteiger partial charge in [-0.1, -0.05) is 0 Å². The first kappa shape index (κ1) is 14.5. The molecular formula is C14H15BrN4O. The van der Waals surface area contributed by atoms with Gasteiger partial charge in [-0.25, -0.2) is 9.97 Å². The van der Waals surface area contributed by atoms with Crippen LogP contribution in [0.4, 0.5) is 11.5 Å². The van der Waals surface area contributed by atoms with Crippen molar-refractivity contribution < 1.29 is 4.79 Å². The fourth-order valence-electron chi connectivity index (χ4n) is 1.81. The molecule has 0 unspecified atom stereocenters. The molecule has 0 bridgehead atoms. The normalized spacial score (nSPS) is 10.2. The highest BCUT2D eigenvalue weighted by molar-refractivity contribution is 9.10. The van der Waals surface area contributed by atoms with Gasteiger partial charge in [0.25, 0.3) is 5.91 Å². The second-order valence-electron chi connectivity index (χ2n) is 4.44. The lowest BCUT2D eigenvalue weighted by Gasteiger charge is -2.23. The van der Waals surface area contributed by atoms with Crippen LogP contribution in [0.3, 0.4) is 0 Å². The van der Waals surface area contributed by atoms with Crippen LogP contribution in [-0.2, 0) is 0 Å². The molecule has 0 saturated heterocycles. The molecule has 0 radical (unpaired) electrons. The molecule has 0 aromatic carbocycles. The van der Waals surface area contributed by atoms with Gasteiger partial charge in [-0.05, 0) is 40.2 Å². The zero-order valence-corrected chi connectivity index (χ0v) is 13.1. The molecule has 0 atom stereocenters. The summed E-state index contributed by atoms with van der Waals surface area (Å²) < 4.78 is 0.673. The zero-order chi connectivity index (χ0) is 14.7. The predicted octanol–water partition coefficient (Wildman–Crippen LogP) is 2.58. The van der Waals surface area contributed by atoms with Crippen LogP contribution in [0.5, 0.6) is 0 Å². The summed E-state index contributed by atoms with van der Waals surface area (Å²) in [4.78, 5) is 24.4. The Morgan fingerprint density at radius 2 is 1.75 bits per heavy atom. The topological polar surface area (TPSA) is 49.3 Å². The van der Waals surface area contributed by atoms with Crippen LogP contribution in [0.2, 0.25) is 0 Å². The molecule has 2 heterocycles. The van der Waals surface area contributed by atoms with E-state index in [2.05, 4.69) is 25.9 Å². The van der Waals surface area contributed by atoms with Gasteiger partial charge < -0.3 is 9.80 Å². The van der Waals surface area contributed by atoms with Gasteiger partial charge in [0.05, 0.1) is 5.69 Å². The van der Waals surface area contributed by atoms with Crippen molar-refractivity contribution in [1.82, 2.24) is 9.97 Å². The van der Waals surface area contributed by atoms with E-state index in [9.17, 15) is 4.79 Å². The van der Waals surface area contributed by atoms with Crippen molar-refractivity contribution in [2.75, 3.05) is 30.9 Å². The van der Waals surface area contributed by atoms with E-state index in [0.29, 0.717) is 10.2 Å². The summed E-state index contributed by atoms with van der Waals surface area (Å²) in [5.41, 5.74) is 1.11. The molecule has 20 heavy (non-hydrogen) atoms. The van der Waals surface area contributed by atoms with E-state index in [1.807, 2.05) is 25.1 Å². The van der Waals surface area contributed by atoms with E-state index >= 15 is 0 Å². The minimum absolute atomic E-state index is 0.187. The molecule has 2 aromatic heterocycles. The van der Waals surface area contributed by atoms with Crippen molar-refractivity contribution in [2.45, 2.75) is 0 Å². The van der Waals surface area contributed by atoms with E-state index in [1.165, 1.54) is 0 Å². The molecule has 0 N–H and O–H groups in total. The Hall–Kier alpha value is -1.95. The van der Waals surface area contributed by atoms with Gasteiger partial charge in [-0.3, -0.25) is 4.79 Å². The molecular weight excluding hydrogens is 320 g/mol. The number of anilines is 2. The van der Waals surface area contributed by atoms with Crippen LogP contribution in [-0.4, -0.2) is 37.0 Å². The van der Waals surface area contributed by atoms with Crippen LogP contribution in [0.15, 0.2) is 41.1 Å². The van der Waals surface area contributed by atoms with E-state index in [0.717, 1.165) is 11.5 Å². The predicted molar refractivity (Wildman–Crippen MR) is 83.2 cm³/mol. The van der Waals surface area contributed by atoms with Crippen LogP contribution >= 0.6 is 15.9 Å². The van der Waals surface area contributed by atoms with Gasteiger partial charge in [0.15, 0.2) is 5.82 Å². The highest BCUT2D eigenvalue weighted by Crippen LogP contribution is 2.26. The number of aromatic nitrogens is 2. The van der Waals surface area contributed by atoms with Crippen LogP contribution < -0.4 is 9.80 Å². The maximum Gasteiger partial charge on any atom is 0.277 e. The van der Waals surface area contributed by atoms with Gasteiger partial charge in [0.2, 0.25) is 0 Å². The minimum atomic E-state index is -0.187. The molecule has 0 saturated carbocycles. The average Bonchev–Trinajstić information content (AvgIpc) is 2.46. The van der Waals surface area contributed by atoms with Crippen LogP contribution in [0.25, 0.3) is 0 Å². The lowest BCUT2D eigenvalue weighted by molar-refractivity contribution is 0.0987. The highest BCUT2D eigenvalue weighted by Gasteiger charge is 2.20. The zero-order valence-electron chi connectivity index (χ0n) is 11.5. The van der Waals surface area contributed by atoms with Gasteiger partial charge >= 0.3 is 0 Å². The SMILES string of the molecule is CN(C)c1ncccc1N(C)C(=O)c1ncccc1Br. The smallest absolute Gasteiger partial charge is 0.277 e. The lowest BCUT2D eigenvalue weighted by atomic mass is 10.2. The molecule has 2 rings (SSSR count). The second kappa shape index (κ2) is 6.00. The molecule has 6 heteroatoms. The maximum atomic E-state index is 12.5.